The Kier molecular flexibility index (Phi) is 5.09. The molecule has 0 unspecified atom stereocenters. The molecule has 2 aromatic rings. The average Bonchev–Trinajstić information content (AvgIpc) is 3.12. The first-order valence-corrected chi connectivity index (χ1v) is 8.06. The number of aryl methyl sites for hydroxylation is 2. The van der Waals surface area contributed by atoms with Gasteiger partial charge in [-0.2, -0.15) is 0 Å². The number of carbonyl (C=O) groups excluding carboxylic acids is 3. The van der Waals surface area contributed by atoms with Crippen LogP contribution >= 0.6 is 0 Å². The van der Waals surface area contributed by atoms with Crippen LogP contribution in [0.4, 0.5) is 0 Å². The van der Waals surface area contributed by atoms with Gasteiger partial charge < -0.3 is 4.74 Å². The standard InChI is InChI=1S/C19H18N2O4/c22-17(20-21-18(23)14-5-2-1-3-6-14)12-25-19(24)16-10-9-13-7-4-8-15(13)11-16/h1-3,5-6,9-11H,4,7-8,12H2,(H,20,22)(H,21,23). The largest absolute Gasteiger partial charge is 0.452 e. The maximum Gasteiger partial charge on any atom is 0.338 e. The zero-order valence-corrected chi connectivity index (χ0v) is 13.6. The highest BCUT2D eigenvalue weighted by molar-refractivity contribution is 5.96. The molecule has 6 heteroatoms. The van der Waals surface area contributed by atoms with Crippen LogP contribution in [0.5, 0.6) is 0 Å². The summed E-state index contributed by atoms with van der Waals surface area (Å²) >= 11 is 0. The van der Waals surface area contributed by atoms with Gasteiger partial charge in [-0.15, -0.1) is 0 Å². The van der Waals surface area contributed by atoms with Crippen molar-refractivity contribution < 1.29 is 19.1 Å². The van der Waals surface area contributed by atoms with Gasteiger partial charge in [-0.05, 0) is 54.7 Å². The normalized spacial score (nSPS) is 12.2. The van der Waals surface area contributed by atoms with Gasteiger partial charge in [-0.25, -0.2) is 4.79 Å². The first-order valence-electron chi connectivity index (χ1n) is 8.06. The molecule has 128 valence electrons. The molecule has 0 saturated heterocycles. The first kappa shape index (κ1) is 16.7. The van der Waals surface area contributed by atoms with Crippen LogP contribution in [-0.4, -0.2) is 24.4 Å². The highest BCUT2D eigenvalue weighted by Crippen LogP contribution is 2.23. The van der Waals surface area contributed by atoms with Crippen LogP contribution in [0.1, 0.15) is 38.3 Å². The van der Waals surface area contributed by atoms with Crippen LogP contribution in [-0.2, 0) is 22.4 Å². The van der Waals surface area contributed by atoms with E-state index >= 15 is 0 Å². The van der Waals surface area contributed by atoms with Crippen molar-refractivity contribution in [1.82, 2.24) is 10.9 Å². The Hall–Kier alpha value is -3.15. The van der Waals surface area contributed by atoms with Crippen molar-refractivity contribution in [1.29, 1.82) is 0 Å². The van der Waals surface area contributed by atoms with E-state index in [-0.39, 0.29) is 0 Å². The number of carbonyl (C=O) groups is 3. The fourth-order valence-electron chi connectivity index (χ4n) is 2.74. The van der Waals surface area contributed by atoms with Crippen LogP contribution in [0.3, 0.4) is 0 Å². The minimum Gasteiger partial charge on any atom is -0.452 e. The Morgan fingerprint density at radius 1 is 0.880 bits per heavy atom. The summed E-state index contributed by atoms with van der Waals surface area (Å²) in [6.07, 6.45) is 3.09. The fraction of sp³-hybridized carbons (Fsp3) is 0.211. The second-order valence-corrected chi connectivity index (χ2v) is 5.78. The molecule has 0 fully saturated rings. The SMILES string of the molecule is O=C(COC(=O)c1ccc2c(c1)CCC2)NNC(=O)c1ccccc1. The molecular formula is C19H18N2O4. The number of fused-ring (bicyclic) bond motifs is 1. The van der Waals surface area contributed by atoms with Crippen LogP contribution < -0.4 is 10.9 Å². The summed E-state index contributed by atoms with van der Waals surface area (Å²) in [5.74, 6) is -1.61. The van der Waals surface area contributed by atoms with Gasteiger partial charge in [0.05, 0.1) is 5.56 Å². The molecule has 25 heavy (non-hydrogen) atoms. The smallest absolute Gasteiger partial charge is 0.338 e. The molecule has 2 amide bonds. The summed E-state index contributed by atoms with van der Waals surface area (Å²) in [6.45, 7) is -0.467. The van der Waals surface area contributed by atoms with Gasteiger partial charge in [0.1, 0.15) is 0 Å². The summed E-state index contributed by atoms with van der Waals surface area (Å²) in [5.41, 5.74) is 7.75. The van der Waals surface area contributed by atoms with E-state index in [4.69, 9.17) is 4.74 Å². The van der Waals surface area contributed by atoms with E-state index in [1.165, 1.54) is 5.56 Å². The Bertz CT molecular complexity index is 802. The maximum absolute atomic E-state index is 12.0. The van der Waals surface area contributed by atoms with Crippen molar-refractivity contribution in [2.75, 3.05) is 6.61 Å². The monoisotopic (exact) mass is 338 g/mol. The predicted molar refractivity (Wildman–Crippen MR) is 90.8 cm³/mol. The zero-order valence-electron chi connectivity index (χ0n) is 13.6. The van der Waals surface area contributed by atoms with Crippen LogP contribution in [0.2, 0.25) is 0 Å². The third-order valence-corrected chi connectivity index (χ3v) is 4.02. The van der Waals surface area contributed by atoms with Gasteiger partial charge in [-0.1, -0.05) is 24.3 Å². The van der Waals surface area contributed by atoms with E-state index in [1.54, 1.807) is 36.4 Å². The third-order valence-electron chi connectivity index (χ3n) is 4.02. The number of esters is 1. The number of nitrogens with one attached hydrogen (secondary N) is 2. The number of ether oxygens (including phenoxy) is 1. The van der Waals surface area contributed by atoms with Crippen molar-refractivity contribution >= 4 is 17.8 Å². The first-order chi connectivity index (χ1) is 12.1. The molecule has 6 nitrogen and oxygen atoms in total. The Morgan fingerprint density at radius 3 is 2.44 bits per heavy atom. The van der Waals surface area contributed by atoms with E-state index < -0.39 is 24.4 Å². The minimum absolute atomic E-state index is 0.415. The van der Waals surface area contributed by atoms with E-state index in [1.807, 2.05) is 12.1 Å². The predicted octanol–water partition coefficient (Wildman–Crippen LogP) is 1.79. The van der Waals surface area contributed by atoms with E-state index in [0.717, 1.165) is 24.8 Å². The minimum atomic E-state index is -0.612. The molecule has 0 saturated carbocycles. The number of amides is 2. The van der Waals surface area contributed by atoms with Crippen molar-refractivity contribution in [2.24, 2.45) is 0 Å². The molecule has 0 spiro atoms. The molecule has 0 aromatic heterocycles. The number of hydrazine groups is 1. The second-order valence-electron chi connectivity index (χ2n) is 5.78. The maximum atomic E-state index is 12.0. The van der Waals surface area contributed by atoms with Crippen molar-refractivity contribution in [2.45, 2.75) is 19.3 Å². The van der Waals surface area contributed by atoms with E-state index in [0.29, 0.717) is 11.1 Å². The van der Waals surface area contributed by atoms with Crippen molar-refractivity contribution in [3.63, 3.8) is 0 Å². The quantitative estimate of drug-likeness (QED) is 0.657. The second kappa shape index (κ2) is 7.61. The lowest BCUT2D eigenvalue weighted by Crippen LogP contribution is -2.43. The Balaban J connectivity index is 1.46. The van der Waals surface area contributed by atoms with Gasteiger partial charge in [0.2, 0.25) is 0 Å². The molecule has 0 aliphatic heterocycles. The Morgan fingerprint density at radius 2 is 1.64 bits per heavy atom. The molecule has 0 heterocycles. The molecule has 0 radical (unpaired) electrons. The summed E-state index contributed by atoms with van der Waals surface area (Å²) in [4.78, 5) is 35.5. The lowest BCUT2D eigenvalue weighted by molar-refractivity contribution is -0.125. The molecule has 0 atom stereocenters. The summed E-state index contributed by atoms with van der Waals surface area (Å²) in [5, 5.41) is 0. The number of hydrogen-bond donors (Lipinski definition) is 2. The highest BCUT2D eigenvalue weighted by atomic mass is 16.5. The van der Waals surface area contributed by atoms with Crippen LogP contribution in [0, 0.1) is 0 Å². The Labute approximate surface area is 145 Å². The molecule has 3 rings (SSSR count). The average molecular weight is 338 g/mol. The van der Waals surface area contributed by atoms with Gasteiger partial charge in [0, 0.05) is 5.56 Å². The highest BCUT2D eigenvalue weighted by Gasteiger charge is 2.16. The molecule has 1 aliphatic carbocycles. The number of rotatable bonds is 4. The van der Waals surface area contributed by atoms with Gasteiger partial charge in [0.25, 0.3) is 11.8 Å². The molecule has 2 N–H and O–H groups in total. The zero-order chi connectivity index (χ0) is 17.6. The van der Waals surface area contributed by atoms with Crippen LogP contribution in [0.15, 0.2) is 48.5 Å². The van der Waals surface area contributed by atoms with Crippen LogP contribution in [0.25, 0.3) is 0 Å². The molecule has 0 bridgehead atoms. The molecule has 1 aliphatic rings. The fourth-order valence-corrected chi connectivity index (χ4v) is 2.74. The van der Waals surface area contributed by atoms with E-state index in [2.05, 4.69) is 10.9 Å². The van der Waals surface area contributed by atoms with Crippen molar-refractivity contribution in [3.05, 3.63) is 70.8 Å². The number of hydrogen-bond acceptors (Lipinski definition) is 4. The third kappa shape index (κ3) is 4.23. The summed E-state index contributed by atoms with van der Waals surface area (Å²) in [6, 6.07) is 13.9. The molecular weight excluding hydrogens is 320 g/mol. The van der Waals surface area contributed by atoms with Crippen molar-refractivity contribution in [3.8, 4) is 0 Å². The lowest BCUT2D eigenvalue weighted by Gasteiger charge is -2.09. The van der Waals surface area contributed by atoms with E-state index in [9.17, 15) is 14.4 Å². The summed E-state index contributed by atoms with van der Waals surface area (Å²) in [7, 11) is 0. The molecule has 2 aromatic carbocycles. The van der Waals surface area contributed by atoms with Gasteiger partial charge in [-0.3, -0.25) is 20.4 Å². The topological polar surface area (TPSA) is 84.5 Å². The lowest BCUT2D eigenvalue weighted by atomic mass is 10.1. The van der Waals surface area contributed by atoms with Gasteiger partial charge >= 0.3 is 5.97 Å². The number of benzene rings is 2. The summed E-state index contributed by atoms with van der Waals surface area (Å²) < 4.78 is 4.99. The van der Waals surface area contributed by atoms with Gasteiger partial charge in [0.15, 0.2) is 6.61 Å².